The summed E-state index contributed by atoms with van der Waals surface area (Å²) >= 11 is 1.72. The maximum absolute atomic E-state index is 5.37. The molecule has 0 amide bonds. The van der Waals surface area contributed by atoms with E-state index in [1.54, 1.807) is 18.9 Å². The predicted molar refractivity (Wildman–Crippen MR) is 76.4 cm³/mol. The third kappa shape index (κ3) is 3.80. The highest BCUT2D eigenvalue weighted by Crippen LogP contribution is 2.31. The van der Waals surface area contributed by atoms with Crippen molar-refractivity contribution in [2.75, 3.05) is 13.4 Å². The molecule has 2 atom stereocenters. The lowest BCUT2D eigenvalue weighted by Gasteiger charge is -2.09. The van der Waals surface area contributed by atoms with E-state index in [0.29, 0.717) is 0 Å². The fourth-order valence-electron chi connectivity index (χ4n) is 1.85. The number of thioether (sulfide) groups is 1. The van der Waals surface area contributed by atoms with E-state index in [0.717, 1.165) is 24.3 Å². The van der Waals surface area contributed by atoms with Crippen LogP contribution in [-0.4, -0.2) is 19.4 Å². The fraction of sp³-hybridized carbons (Fsp3) is 0.538. The van der Waals surface area contributed by atoms with Gasteiger partial charge in [0.25, 0.3) is 0 Å². The maximum Gasteiger partial charge on any atom is 0.132 e. The molecule has 17 heavy (non-hydrogen) atoms. The van der Waals surface area contributed by atoms with E-state index in [1.165, 1.54) is 16.9 Å². The fourth-order valence-corrected chi connectivity index (χ4v) is 2.39. The van der Waals surface area contributed by atoms with Crippen molar-refractivity contribution in [2.45, 2.75) is 30.8 Å². The summed E-state index contributed by atoms with van der Waals surface area (Å²) in [6.07, 6.45) is 3.39. The molecule has 1 fully saturated rings. The Hall–Kier alpha value is -0.380. The number of hydrogen-bond donors (Lipinski definition) is 1. The summed E-state index contributed by atoms with van der Waals surface area (Å²) in [7, 11) is 1.73. The molecule has 0 saturated heterocycles. The minimum atomic E-state index is 0. The molecule has 1 aliphatic rings. The lowest BCUT2D eigenvalue weighted by atomic mass is 10.2. The van der Waals surface area contributed by atoms with Crippen LogP contribution in [-0.2, 0) is 6.54 Å². The first-order valence-corrected chi connectivity index (χ1v) is 6.91. The number of halogens is 1. The molecular formula is C13H20ClNOS. The monoisotopic (exact) mass is 273 g/mol. The molecule has 96 valence electrons. The van der Waals surface area contributed by atoms with E-state index in [1.807, 2.05) is 0 Å². The van der Waals surface area contributed by atoms with Crippen LogP contribution < -0.4 is 10.1 Å². The van der Waals surface area contributed by atoms with E-state index in [9.17, 15) is 0 Å². The van der Waals surface area contributed by atoms with Crippen LogP contribution in [0.15, 0.2) is 23.1 Å². The molecule has 4 heteroatoms. The van der Waals surface area contributed by atoms with Gasteiger partial charge in [0.05, 0.1) is 7.11 Å². The summed E-state index contributed by atoms with van der Waals surface area (Å²) < 4.78 is 5.37. The second-order valence-electron chi connectivity index (χ2n) is 4.39. The number of benzene rings is 1. The van der Waals surface area contributed by atoms with Crippen LogP contribution in [0, 0.1) is 5.92 Å². The van der Waals surface area contributed by atoms with Gasteiger partial charge in [0.2, 0.25) is 0 Å². The van der Waals surface area contributed by atoms with Crippen molar-refractivity contribution in [2.24, 2.45) is 5.92 Å². The minimum absolute atomic E-state index is 0. The third-order valence-corrected chi connectivity index (χ3v) is 3.90. The molecule has 0 bridgehead atoms. The molecule has 1 N–H and O–H groups in total. The zero-order chi connectivity index (χ0) is 11.5. The third-order valence-electron chi connectivity index (χ3n) is 3.13. The first-order chi connectivity index (χ1) is 7.74. The first kappa shape index (κ1) is 14.7. The second kappa shape index (κ2) is 6.53. The van der Waals surface area contributed by atoms with Crippen molar-refractivity contribution in [3.05, 3.63) is 23.8 Å². The smallest absolute Gasteiger partial charge is 0.132 e. The lowest BCUT2D eigenvalue weighted by Crippen LogP contribution is -2.16. The van der Waals surface area contributed by atoms with E-state index in [2.05, 4.69) is 36.7 Å². The van der Waals surface area contributed by atoms with Gasteiger partial charge in [-0.25, -0.2) is 0 Å². The number of rotatable bonds is 5. The quantitative estimate of drug-likeness (QED) is 0.832. The van der Waals surface area contributed by atoms with Gasteiger partial charge >= 0.3 is 0 Å². The molecule has 0 heterocycles. The Morgan fingerprint density at radius 2 is 2.18 bits per heavy atom. The van der Waals surface area contributed by atoms with Crippen LogP contribution in [0.3, 0.4) is 0 Å². The summed E-state index contributed by atoms with van der Waals surface area (Å²) in [4.78, 5) is 1.20. The lowest BCUT2D eigenvalue weighted by molar-refractivity contribution is 0.404. The number of methoxy groups -OCH3 is 1. The molecule has 2 rings (SSSR count). The SMILES string of the molecule is COc1cc(CNC2CC2C)ccc1SC.Cl. The number of ether oxygens (including phenoxy) is 1. The van der Waals surface area contributed by atoms with Gasteiger partial charge in [-0.15, -0.1) is 24.2 Å². The van der Waals surface area contributed by atoms with Gasteiger partial charge in [0.15, 0.2) is 0 Å². The number of hydrogen-bond acceptors (Lipinski definition) is 3. The Kier molecular flexibility index (Phi) is 5.63. The highest BCUT2D eigenvalue weighted by Gasteiger charge is 2.31. The zero-order valence-electron chi connectivity index (χ0n) is 10.5. The average molecular weight is 274 g/mol. The van der Waals surface area contributed by atoms with Gasteiger partial charge in [-0.2, -0.15) is 0 Å². The average Bonchev–Trinajstić information content (AvgIpc) is 3.02. The Labute approximate surface area is 114 Å². The van der Waals surface area contributed by atoms with Crippen LogP contribution in [0.2, 0.25) is 0 Å². The summed E-state index contributed by atoms with van der Waals surface area (Å²) in [6, 6.07) is 7.17. The molecule has 1 saturated carbocycles. The highest BCUT2D eigenvalue weighted by molar-refractivity contribution is 7.98. The summed E-state index contributed by atoms with van der Waals surface area (Å²) in [5.41, 5.74) is 1.30. The Bertz CT molecular complexity index is 372. The standard InChI is InChI=1S/C13H19NOS.ClH/c1-9-6-11(9)14-8-10-4-5-13(16-3)12(7-10)15-2;/h4-5,7,9,11,14H,6,8H2,1-3H3;1H. The second-order valence-corrected chi connectivity index (χ2v) is 5.24. The molecule has 2 unspecified atom stereocenters. The molecule has 1 aliphatic carbocycles. The molecule has 0 radical (unpaired) electrons. The van der Waals surface area contributed by atoms with Crippen molar-refractivity contribution >= 4 is 24.2 Å². The summed E-state index contributed by atoms with van der Waals surface area (Å²) in [6.45, 7) is 3.23. The molecule has 1 aromatic carbocycles. The molecular weight excluding hydrogens is 254 g/mol. The molecule has 0 aromatic heterocycles. The summed E-state index contributed by atoms with van der Waals surface area (Å²) in [5, 5.41) is 3.55. The minimum Gasteiger partial charge on any atom is -0.496 e. The Morgan fingerprint density at radius 3 is 2.71 bits per heavy atom. The first-order valence-electron chi connectivity index (χ1n) is 5.69. The van der Waals surface area contributed by atoms with Crippen LogP contribution in [0.1, 0.15) is 18.9 Å². The van der Waals surface area contributed by atoms with E-state index < -0.39 is 0 Å². The van der Waals surface area contributed by atoms with Crippen LogP contribution in [0.4, 0.5) is 0 Å². The van der Waals surface area contributed by atoms with Gasteiger partial charge in [0, 0.05) is 17.5 Å². The molecule has 1 aromatic rings. The predicted octanol–water partition coefficient (Wildman–Crippen LogP) is 3.34. The van der Waals surface area contributed by atoms with Crippen molar-refractivity contribution in [1.29, 1.82) is 0 Å². The topological polar surface area (TPSA) is 21.3 Å². The largest absolute Gasteiger partial charge is 0.496 e. The van der Waals surface area contributed by atoms with Crippen molar-refractivity contribution in [3.8, 4) is 5.75 Å². The van der Waals surface area contributed by atoms with Crippen molar-refractivity contribution in [3.63, 3.8) is 0 Å². The molecule has 0 aliphatic heterocycles. The van der Waals surface area contributed by atoms with Crippen LogP contribution in [0.5, 0.6) is 5.75 Å². The van der Waals surface area contributed by atoms with Gasteiger partial charge in [0.1, 0.15) is 5.75 Å². The normalized spacial score (nSPS) is 21.8. The van der Waals surface area contributed by atoms with Crippen LogP contribution in [0.25, 0.3) is 0 Å². The molecule has 0 spiro atoms. The van der Waals surface area contributed by atoms with E-state index in [-0.39, 0.29) is 12.4 Å². The van der Waals surface area contributed by atoms with Gasteiger partial charge < -0.3 is 10.1 Å². The molecule has 2 nitrogen and oxygen atoms in total. The zero-order valence-corrected chi connectivity index (χ0v) is 12.2. The van der Waals surface area contributed by atoms with E-state index in [4.69, 9.17) is 4.74 Å². The van der Waals surface area contributed by atoms with Gasteiger partial charge in [-0.1, -0.05) is 13.0 Å². The van der Waals surface area contributed by atoms with Gasteiger partial charge in [-0.05, 0) is 36.3 Å². The van der Waals surface area contributed by atoms with Gasteiger partial charge in [-0.3, -0.25) is 0 Å². The van der Waals surface area contributed by atoms with Crippen molar-refractivity contribution < 1.29 is 4.74 Å². The van der Waals surface area contributed by atoms with Crippen molar-refractivity contribution in [1.82, 2.24) is 5.32 Å². The summed E-state index contributed by atoms with van der Waals surface area (Å²) in [5.74, 6) is 1.84. The highest BCUT2D eigenvalue weighted by atomic mass is 35.5. The number of nitrogens with one attached hydrogen (secondary N) is 1. The van der Waals surface area contributed by atoms with Crippen LogP contribution >= 0.6 is 24.2 Å². The Balaban J connectivity index is 0.00000144. The maximum atomic E-state index is 5.37. The Morgan fingerprint density at radius 1 is 1.47 bits per heavy atom. The van der Waals surface area contributed by atoms with E-state index >= 15 is 0 Å².